The summed E-state index contributed by atoms with van der Waals surface area (Å²) in [4.78, 5) is 21.7. The van der Waals surface area contributed by atoms with Crippen molar-refractivity contribution in [1.29, 1.82) is 0 Å². The minimum absolute atomic E-state index is 0. The highest BCUT2D eigenvalue weighted by Crippen LogP contribution is 2.17. The topological polar surface area (TPSA) is 78.4 Å². The largest absolute Gasteiger partial charge is 0.357 e. The normalized spacial score (nSPS) is 11.1. The van der Waals surface area contributed by atoms with Crippen LogP contribution in [0.3, 0.4) is 0 Å². The lowest BCUT2D eigenvalue weighted by atomic mass is 10.3. The van der Waals surface area contributed by atoms with Gasteiger partial charge >= 0.3 is 0 Å². The lowest BCUT2D eigenvalue weighted by Crippen LogP contribution is -2.40. The van der Waals surface area contributed by atoms with Crippen molar-refractivity contribution in [2.75, 3.05) is 13.1 Å². The van der Waals surface area contributed by atoms with Crippen molar-refractivity contribution >= 4 is 47.2 Å². The number of aliphatic imine (C=N–C) groups is 1. The van der Waals surface area contributed by atoms with Crippen LogP contribution in [0.5, 0.6) is 0 Å². The highest BCUT2D eigenvalue weighted by molar-refractivity contribution is 14.0. The van der Waals surface area contributed by atoms with Gasteiger partial charge in [-0.3, -0.25) is 4.79 Å². The number of carbonyl (C=O) groups excluding carboxylic acids is 1. The summed E-state index contributed by atoms with van der Waals surface area (Å²) in [5, 5.41) is 10.3. The van der Waals surface area contributed by atoms with Gasteiger partial charge in [-0.1, -0.05) is 0 Å². The molecule has 0 spiro atoms. The highest BCUT2D eigenvalue weighted by atomic mass is 127. The maximum Gasteiger partial charge on any atom is 0.221 e. The third kappa shape index (κ3) is 9.09. The molecule has 0 saturated heterocycles. The average Bonchev–Trinajstić information content (AvgIpc) is 2.73. The van der Waals surface area contributed by atoms with E-state index in [1.807, 2.05) is 34.6 Å². The molecule has 0 saturated carbocycles. The predicted molar refractivity (Wildman–Crippen MR) is 108 cm³/mol. The van der Waals surface area contributed by atoms with Crippen molar-refractivity contribution in [3.63, 3.8) is 0 Å². The Balaban J connectivity index is 0.00000484. The summed E-state index contributed by atoms with van der Waals surface area (Å²) >= 11 is 1.67. The second-order valence-electron chi connectivity index (χ2n) is 5.34. The lowest BCUT2D eigenvalue weighted by molar-refractivity contribution is -0.121. The second kappa shape index (κ2) is 11.6. The average molecular weight is 453 g/mol. The van der Waals surface area contributed by atoms with Crippen LogP contribution in [0.25, 0.3) is 0 Å². The number of guanidine groups is 1. The quantitative estimate of drug-likeness (QED) is 0.337. The minimum Gasteiger partial charge on any atom is -0.357 e. The maximum absolute atomic E-state index is 11.6. The van der Waals surface area contributed by atoms with Crippen LogP contribution in [0.15, 0.2) is 4.99 Å². The van der Waals surface area contributed by atoms with Crippen LogP contribution in [0.4, 0.5) is 0 Å². The van der Waals surface area contributed by atoms with Crippen molar-refractivity contribution in [2.24, 2.45) is 4.99 Å². The van der Waals surface area contributed by atoms with Gasteiger partial charge in [0, 0.05) is 30.4 Å². The molecule has 3 N–H and O–H groups in total. The number of nitrogens with one attached hydrogen (secondary N) is 3. The van der Waals surface area contributed by atoms with Gasteiger partial charge in [0.05, 0.1) is 17.2 Å². The lowest BCUT2D eigenvalue weighted by Gasteiger charge is -2.12. The van der Waals surface area contributed by atoms with Crippen molar-refractivity contribution in [1.82, 2.24) is 20.9 Å². The van der Waals surface area contributed by atoms with E-state index in [1.54, 1.807) is 11.3 Å². The van der Waals surface area contributed by atoms with Gasteiger partial charge in [0.2, 0.25) is 5.91 Å². The van der Waals surface area contributed by atoms with Gasteiger partial charge in [0.1, 0.15) is 0 Å². The van der Waals surface area contributed by atoms with Crippen molar-refractivity contribution in [3.05, 3.63) is 15.6 Å². The molecule has 1 heterocycles. The number of aromatic nitrogens is 1. The third-order valence-electron chi connectivity index (χ3n) is 2.82. The molecule has 0 unspecified atom stereocenters. The molecule has 1 aromatic rings. The summed E-state index contributed by atoms with van der Waals surface area (Å²) in [5.41, 5.74) is 1.04. The van der Waals surface area contributed by atoms with Crippen LogP contribution in [0.2, 0.25) is 0 Å². The van der Waals surface area contributed by atoms with Gasteiger partial charge in [0.25, 0.3) is 0 Å². The van der Waals surface area contributed by atoms with E-state index in [0.717, 1.165) is 23.2 Å². The van der Waals surface area contributed by atoms with Crippen molar-refractivity contribution in [3.8, 4) is 0 Å². The van der Waals surface area contributed by atoms with Gasteiger partial charge in [-0.15, -0.1) is 35.3 Å². The monoisotopic (exact) mass is 453 g/mol. The Hall–Kier alpha value is -0.900. The molecule has 132 valence electrons. The Bertz CT molecular complexity index is 516. The smallest absolute Gasteiger partial charge is 0.221 e. The Labute approximate surface area is 160 Å². The minimum atomic E-state index is 0. The highest BCUT2D eigenvalue weighted by Gasteiger charge is 2.06. The number of thiazole rings is 1. The summed E-state index contributed by atoms with van der Waals surface area (Å²) in [7, 11) is 0. The fraction of sp³-hybridized carbons (Fsp3) is 0.667. The molecular formula is C15H28IN5OS. The first kappa shape index (κ1) is 22.1. The first-order valence-electron chi connectivity index (χ1n) is 7.66. The summed E-state index contributed by atoms with van der Waals surface area (Å²) in [6, 6.07) is 0.173. The van der Waals surface area contributed by atoms with E-state index >= 15 is 0 Å². The number of rotatable bonds is 7. The van der Waals surface area contributed by atoms with Gasteiger partial charge in [-0.05, 0) is 34.6 Å². The van der Waals surface area contributed by atoms with E-state index < -0.39 is 0 Å². The first-order chi connectivity index (χ1) is 10.4. The molecule has 23 heavy (non-hydrogen) atoms. The molecular weight excluding hydrogens is 425 g/mol. The van der Waals surface area contributed by atoms with E-state index in [1.165, 1.54) is 4.88 Å². The Morgan fingerprint density at radius 3 is 2.52 bits per heavy atom. The van der Waals surface area contributed by atoms with E-state index in [-0.39, 0.29) is 35.9 Å². The maximum atomic E-state index is 11.6. The van der Waals surface area contributed by atoms with Crippen molar-refractivity contribution < 1.29 is 4.79 Å². The van der Waals surface area contributed by atoms with Gasteiger partial charge in [-0.2, -0.15) is 0 Å². The SMILES string of the molecule is CCNC(=NCc1sc(C)nc1C)NCCC(=O)NC(C)C.I. The summed E-state index contributed by atoms with van der Waals surface area (Å²) in [5.74, 6) is 0.776. The van der Waals surface area contributed by atoms with Gasteiger partial charge < -0.3 is 16.0 Å². The van der Waals surface area contributed by atoms with Crippen LogP contribution >= 0.6 is 35.3 Å². The summed E-state index contributed by atoms with van der Waals surface area (Å²) < 4.78 is 0. The zero-order valence-corrected chi connectivity index (χ0v) is 17.7. The Kier molecular flexibility index (Phi) is 11.2. The van der Waals surface area contributed by atoms with Crippen LogP contribution in [0.1, 0.15) is 42.8 Å². The first-order valence-corrected chi connectivity index (χ1v) is 8.48. The van der Waals surface area contributed by atoms with E-state index in [2.05, 4.69) is 25.9 Å². The van der Waals surface area contributed by atoms with E-state index in [4.69, 9.17) is 0 Å². The van der Waals surface area contributed by atoms with Crippen LogP contribution < -0.4 is 16.0 Å². The van der Waals surface area contributed by atoms with Gasteiger partial charge in [-0.25, -0.2) is 9.98 Å². The molecule has 0 fully saturated rings. The number of aryl methyl sites for hydroxylation is 2. The number of halogens is 1. The molecule has 1 amide bonds. The van der Waals surface area contributed by atoms with Gasteiger partial charge in [0.15, 0.2) is 5.96 Å². The summed E-state index contributed by atoms with van der Waals surface area (Å²) in [6.07, 6.45) is 0.432. The molecule has 1 rings (SSSR count). The summed E-state index contributed by atoms with van der Waals surface area (Å²) in [6.45, 7) is 11.9. The van der Waals surface area contributed by atoms with Crippen LogP contribution in [-0.4, -0.2) is 36.0 Å². The molecule has 6 nitrogen and oxygen atoms in total. The zero-order chi connectivity index (χ0) is 16.5. The molecule has 8 heteroatoms. The number of hydrogen-bond donors (Lipinski definition) is 3. The van der Waals surface area contributed by atoms with Crippen molar-refractivity contribution in [2.45, 2.75) is 53.6 Å². The predicted octanol–water partition coefficient (Wildman–Crippen LogP) is 2.35. The molecule has 0 aliphatic carbocycles. The fourth-order valence-electron chi connectivity index (χ4n) is 1.90. The zero-order valence-electron chi connectivity index (χ0n) is 14.5. The fourth-order valence-corrected chi connectivity index (χ4v) is 2.76. The molecule has 0 radical (unpaired) electrons. The van der Waals surface area contributed by atoms with Crippen LogP contribution in [0, 0.1) is 13.8 Å². The molecule has 0 aliphatic heterocycles. The standard InChI is InChI=1S/C15H27N5OS.HI/c1-6-16-15(17-8-7-14(21)19-10(2)3)18-9-13-11(4)20-12(5)22-13;/h10H,6-9H2,1-5H3,(H,19,21)(H2,16,17,18);1H. The molecule has 1 aromatic heterocycles. The molecule has 0 aliphatic rings. The molecule has 0 bridgehead atoms. The van der Waals surface area contributed by atoms with E-state index in [0.29, 0.717) is 19.5 Å². The Morgan fingerprint density at radius 1 is 1.30 bits per heavy atom. The molecule has 0 atom stereocenters. The van der Waals surface area contributed by atoms with Crippen LogP contribution in [-0.2, 0) is 11.3 Å². The molecule has 0 aromatic carbocycles. The Morgan fingerprint density at radius 2 is 2.00 bits per heavy atom. The van der Waals surface area contributed by atoms with E-state index in [9.17, 15) is 4.79 Å². The third-order valence-corrected chi connectivity index (χ3v) is 3.88. The number of amides is 1. The second-order valence-corrected chi connectivity index (χ2v) is 6.62. The number of hydrogen-bond acceptors (Lipinski definition) is 4. The number of carbonyl (C=O) groups is 1. The number of nitrogens with zero attached hydrogens (tertiary/aromatic N) is 2.